The van der Waals surface area contributed by atoms with Gasteiger partial charge in [0.15, 0.2) is 5.78 Å². The molecule has 1 N–H and O–H groups in total. The molecule has 0 fully saturated rings. The molecule has 3 aromatic carbocycles. The van der Waals surface area contributed by atoms with Crippen molar-refractivity contribution in [2.24, 2.45) is 10.8 Å². The standard InChI is InChI=1S/C31H25N2.C15H28O2.Ir/c1-20(2)27-15-25(14-22-10-6-7-11-26(22)27)31-17-28-24(18-32-31)13-12-23-16-30(33-19-29(23)28)21-8-4-3-5-9-21;1-7-14(5,8-2)12(16)11-13(17)15(6,9-3)10-4;/h3-11,15-20H,12-13H2,1-2H3;11,16H,7-10H2,1-6H3;/q-1;;/b;12-11-;. The molecule has 269 valence electrons. The molecule has 0 saturated carbocycles. The average molecular weight is 858 g/mol. The van der Waals surface area contributed by atoms with Gasteiger partial charge in [-0.3, -0.25) is 14.8 Å². The zero-order chi connectivity index (χ0) is 36.1. The summed E-state index contributed by atoms with van der Waals surface area (Å²) in [6.07, 6.45) is 10.9. The molecule has 5 heteroatoms. The van der Waals surface area contributed by atoms with Gasteiger partial charge in [0, 0.05) is 66.2 Å². The van der Waals surface area contributed by atoms with Crippen LogP contribution in [-0.4, -0.2) is 20.9 Å². The van der Waals surface area contributed by atoms with Crippen molar-refractivity contribution < 1.29 is 30.0 Å². The largest absolute Gasteiger partial charge is 0.512 e. The van der Waals surface area contributed by atoms with Gasteiger partial charge in [0.05, 0.1) is 5.69 Å². The van der Waals surface area contributed by atoms with Gasteiger partial charge in [-0.2, -0.15) is 0 Å². The summed E-state index contributed by atoms with van der Waals surface area (Å²) in [5.74, 6) is 0.718. The zero-order valence-corrected chi connectivity index (χ0v) is 34.0. The van der Waals surface area contributed by atoms with Gasteiger partial charge in [-0.15, -0.1) is 29.1 Å². The van der Waals surface area contributed by atoms with Gasteiger partial charge in [0.25, 0.3) is 0 Å². The van der Waals surface area contributed by atoms with Crippen molar-refractivity contribution in [1.29, 1.82) is 0 Å². The summed E-state index contributed by atoms with van der Waals surface area (Å²) in [6, 6.07) is 29.3. The number of aromatic nitrogens is 2. The molecule has 6 rings (SSSR count). The SMILES string of the molecule is CC(C)c1cc(-c2cc3c(cn2)CCc2cc(-c4ccccc4)ncc2-3)[c-]c2ccccc12.CCC(C)(CC)C(=O)/C=C(\O)C(C)(CC)CC.[Ir]. The van der Waals surface area contributed by atoms with Crippen molar-refractivity contribution >= 4 is 16.6 Å². The third-order valence-electron chi connectivity index (χ3n) is 11.3. The van der Waals surface area contributed by atoms with E-state index in [1.54, 1.807) is 0 Å². The third kappa shape index (κ3) is 8.59. The van der Waals surface area contributed by atoms with Crippen LogP contribution < -0.4 is 0 Å². The number of allylic oxidation sites excluding steroid dienone is 2. The van der Waals surface area contributed by atoms with E-state index in [1.165, 1.54) is 39.3 Å². The van der Waals surface area contributed by atoms with Gasteiger partial charge in [-0.25, -0.2) is 0 Å². The van der Waals surface area contributed by atoms with Crippen molar-refractivity contribution in [3.8, 4) is 33.6 Å². The normalized spacial score (nSPS) is 12.8. The van der Waals surface area contributed by atoms with Crippen LogP contribution in [0.3, 0.4) is 0 Å². The van der Waals surface area contributed by atoms with E-state index in [-0.39, 0.29) is 42.5 Å². The van der Waals surface area contributed by atoms with Gasteiger partial charge in [-0.05, 0) is 67.2 Å². The molecule has 1 aliphatic rings. The number of carbonyl (C=O) groups excluding carboxylic acids is 1. The Morgan fingerprint density at radius 1 is 0.784 bits per heavy atom. The van der Waals surface area contributed by atoms with Crippen LogP contribution in [0.15, 0.2) is 97.0 Å². The van der Waals surface area contributed by atoms with Gasteiger partial charge < -0.3 is 5.11 Å². The summed E-state index contributed by atoms with van der Waals surface area (Å²) in [4.78, 5) is 21.8. The maximum Gasteiger partial charge on any atom is 0.164 e. The van der Waals surface area contributed by atoms with Gasteiger partial charge in [0.1, 0.15) is 5.76 Å². The summed E-state index contributed by atoms with van der Waals surface area (Å²) in [5, 5.41) is 12.6. The minimum atomic E-state index is -0.337. The van der Waals surface area contributed by atoms with E-state index < -0.39 is 0 Å². The zero-order valence-electron chi connectivity index (χ0n) is 31.6. The fourth-order valence-electron chi connectivity index (χ4n) is 6.62. The van der Waals surface area contributed by atoms with Gasteiger partial charge >= 0.3 is 0 Å². The van der Waals surface area contributed by atoms with Crippen LogP contribution in [0.25, 0.3) is 44.4 Å². The van der Waals surface area contributed by atoms with Crippen LogP contribution in [0.1, 0.15) is 104 Å². The molecule has 2 heterocycles. The van der Waals surface area contributed by atoms with Crippen molar-refractivity contribution in [2.75, 3.05) is 0 Å². The molecule has 51 heavy (non-hydrogen) atoms. The number of aliphatic hydroxyl groups excluding tert-OH is 1. The molecule has 0 atom stereocenters. The number of benzene rings is 3. The first-order valence-electron chi connectivity index (χ1n) is 18.4. The number of ketones is 1. The first-order valence-corrected chi connectivity index (χ1v) is 18.4. The summed E-state index contributed by atoms with van der Waals surface area (Å²) < 4.78 is 0. The van der Waals surface area contributed by atoms with E-state index in [4.69, 9.17) is 9.97 Å². The van der Waals surface area contributed by atoms with Crippen molar-refractivity contribution in [3.05, 3.63) is 120 Å². The Balaban J connectivity index is 0.000000279. The molecular weight excluding hydrogens is 805 g/mol. The Bertz CT molecular complexity index is 1990. The van der Waals surface area contributed by atoms with Crippen LogP contribution in [0, 0.1) is 16.9 Å². The maximum absolute atomic E-state index is 12.2. The van der Waals surface area contributed by atoms with E-state index in [0.717, 1.165) is 66.4 Å². The Hall–Kier alpha value is -3.92. The second kappa shape index (κ2) is 17.1. The number of rotatable bonds is 10. The van der Waals surface area contributed by atoms with E-state index in [9.17, 15) is 9.90 Å². The predicted molar refractivity (Wildman–Crippen MR) is 209 cm³/mol. The molecule has 0 amide bonds. The molecule has 1 radical (unpaired) electrons. The summed E-state index contributed by atoms with van der Waals surface area (Å²) >= 11 is 0. The molecule has 0 saturated heterocycles. The molecule has 1 aliphatic carbocycles. The van der Waals surface area contributed by atoms with Gasteiger partial charge in [0.2, 0.25) is 0 Å². The summed E-state index contributed by atoms with van der Waals surface area (Å²) in [7, 11) is 0. The second-order valence-electron chi connectivity index (χ2n) is 14.6. The van der Waals surface area contributed by atoms with E-state index in [2.05, 4.69) is 92.8 Å². The minimum absolute atomic E-state index is 0. The number of hydrogen-bond donors (Lipinski definition) is 1. The fraction of sp³-hybridized carbons (Fsp3) is 0.370. The Morgan fingerprint density at radius 3 is 2.04 bits per heavy atom. The monoisotopic (exact) mass is 858 g/mol. The molecule has 2 aromatic heterocycles. The third-order valence-corrected chi connectivity index (χ3v) is 11.3. The molecule has 0 spiro atoms. The molecule has 0 unspecified atom stereocenters. The fourth-order valence-corrected chi connectivity index (χ4v) is 6.62. The maximum atomic E-state index is 12.2. The number of nitrogens with zero attached hydrogens (tertiary/aromatic N) is 2. The first-order chi connectivity index (χ1) is 24.0. The minimum Gasteiger partial charge on any atom is -0.512 e. The van der Waals surface area contributed by atoms with Gasteiger partial charge in [-0.1, -0.05) is 121 Å². The Labute approximate surface area is 319 Å². The summed E-state index contributed by atoms with van der Waals surface area (Å²) in [6.45, 7) is 16.6. The average Bonchev–Trinajstić information content (AvgIpc) is 3.16. The quantitative estimate of drug-likeness (QED) is 0.0863. The van der Waals surface area contributed by atoms with Crippen LogP contribution in [0.2, 0.25) is 0 Å². The van der Waals surface area contributed by atoms with E-state index in [0.29, 0.717) is 5.92 Å². The molecule has 5 aromatic rings. The smallest absolute Gasteiger partial charge is 0.164 e. The van der Waals surface area contributed by atoms with Crippen LogP contribution >= 0.6 is 0 Å². The van der Waals surface area contributed by atoms with E-state index in [1.807, 2.05) is 53.8 Å². The first kappa shape index (κ1) is 39.9. The second-order valence-corrected chi connectivity index (χ2v) is 14.6. The number of fused-ring (bicyclic) bond motifs is 4. The molecular formula is C46H53IrN2O2-. The van der Waals surface area contributed by atoms with Crippen LogP contribution in [-0.2, 0) is 37.7 Å². The van der Waals surface area contributed by atoms with Crippen molar-refractivity contribution in [3.63, 3.8) is 0 Å². The number of hydrogen-bond acceptors (Lipinski definition) is 4. The summed E-state index contributed by atoms with van der Waals surface area (Å²) in [5.41, 5.74) is 10.1. The topological polar surface area (TPSA) is 63.1 Å². The number of aryl methyl sites for hydroxylation is 2. The van der Waals surface area contributed by atoms with Crippen LogP contribution in [0.4, 0.5) is 0 Å². The van der Waals surface area contributed by atoms with Crippen LogP contribution in [0.5, 0.6) is 0 Å². The predicted octanol–water partition coefficient (Wildman–Crippen LogP) is 12.3. The molecule has 4 nitrogen and oxygen atoms in total. The Morgan fingerprint density at radius 2 is 1.39 bits per heavy atom. The Kier molecular flexibility index (Phi) is 13.3. The van der Waals surface area contributed by atoms with E-state index >= 15 is 0 Å². The van der Waals surface area contributed by atoms with Crippen molar-refractivity contribution in [2.45, 2.75) is 99.8 Å². The number of carbonyl (C=O) groups is 1. The number of pyridine rings is 2. The molecule has 0 aliphatic heterocycles. The van der Waals surface area contributed by atoms with Crippen molar-refractivity contribution in [1.82, 2.24) is 9.97 Å². The number of aliphatic hydroxyl groups is 1. The molecule has 0 bridgehead atoms.